The van der Waals surface area contributed by atoms with Crippen molar-refractivity contribution in [2.24, 2.45) is 0 Å². The molecule has 0 unspecified atom stereocenters. The predicted molar refractivity (Wildman–Crippen MR) is 135 cm³/mol. The van der Waals surface area contributed by atoms with Gasteiger partial charge >= 0.3 is 0 Å². The molecule has 168 valence electrons. The summed E-state index contributed by atoms with van der Waals surface area (Å²) < 4.78 is 0. The van der Waals surface area contributed by atoms with E-state index in [-0.39, 0.29) is 5.91 Å². The van der Waals surface area contributed by atoms with Crippen molar-refractivity contribution in [2.45, 2.75) is 27.3 Å². The Bertz CT molecular complexity index is 1320. The second-order valence-electron chi connectivity index (χ2n) is 8.82. The SMILES string of the molecule is Cc1ccc(-c2cc(C(=O)N3CCN(Cc4csc(C)n4)CC3)c3ccccc3n2)c(C)c1. The van der Waals surface area contributed by atoms with Gasteiger partial charge in [-0.05, 0) is 38.5 Å². The molecule has 5 rings (SSSR count). The first-order valence-corrected chi connectivity index (χ1v) is 12.3. The maximum absolute atomic E-state index is 13.7. The highest BCUT2D eigenvalue weighted by molar-refractivity contribution is 7.09. The van der Waals surface area contributed by atoms with Crippen LogP contribution in [0.2, 0.25) is 0 Å². The molecule has 0 saturated carbocycles. The van der Waals surface area contributed by atoms with Crippen LogP contribution in [0.4, 0.5) is 0 Å². The third kappa shape index (κ3) is 4.54. The summed E-state index contributed by atoms with van der Waals surface area (Å²) in [6.45, 7) is 10.2. The fourth-order valence-electron chi connectivity index (χ4n) is 4.58. The number of hydrogen-bond acceptors (Lipinski definition) is 5. The molecule has 0 spiro atoms. The van der Waals surface area contributed by atoms with Crippen molar-refractivity contribution in [3.05, 3.63) is 81.3 Å². The number of nitrogens with zero attached hydrogens (tertiary/aromatic N) is 4. The molecule has 0 radical (unpaired) electrons. The van der Waals surface area contributed by atoms with Crippen LogP contribution in [0.3, 0.4) is 0 Å². The lowest BCUT2D eigenvalue weighted by atomic mass is 9.99. The highest BCUT2D eigenvalue weighted by Crippen LogP contribution is 2.28. The summed E-state index contributed by atoms with van der Waals surface area (Å²) in [6.07, 6.45) is 0. The minimum atomic E-state index is 0.0868. The first kappa shape index (κ1) is 21.7. The summed E-state index contributed by atoms with van der Waals surface area (Å²) in [5.74, 6) is 0.0868. The molecule has 2 aromatic heterocycles. The molecule has 4 aromatic rings. The van der Waals surface area contributed by atoms with Crippen molar-refractivity contribution < 1.29 is 4.79 Å². The Morgan fingerprint density at radius 3 is 2.48 bits per heavy atom. The van der Waals surface area contributed by atoms with Crippen LogP contribution < -0.4 is 0 Å². The Hall–Kier alpha value is -3.09. The minimum Gasteiger partial charge on any atom is -0.336 e. The van der Waals surface area contributed by atoms with Crippen LogP contribution in [0.25, 0.3) is 22.2 Å². The lowest BCUT2D eigenvalue weighted by molar-refractivity contribution is 0.0629. The molecule has 3 heterocycles. The summed E-state index contributed by atoms with van der Waals surface area (Å²) in [6, 6.07) is 16.3. The fraction of sp³-hybridized carbons (Fsp3) is 0.296. The number of benzene rings is 2. The van der Waals surface area contributed by atoms with E-state index in [2.05, 4.69) is 47.3 Å². The van der Waals surface area contributed by atoms with Gasteiger partial charge in [-0.1, -0.05) is 42.0 Å². The van der Waals surface area contributed by atoms with Crippen molar-refractivity contribution in [2.75, 3.05) is 26.2 Å². The second-order valence-corrected chi connectivity index (χ2v) is 9.88. The number of hydrogen-bond donors (Lipinski definition) is 0. The van der Waals surface area contributed by atoms with Crippen LogP contribution in [0, 0.1) is 20.8 Å². The van der Waals surface area contributed by atoms with Gasteiger partial charge in [-0.25, -0.2) is 9.97 Å². The third-order valence-electron chi connectivity index (χ3n) is 6.32. The lowest BCUT2D eigenvalue weighted by Gasteiger charge is -2.34. The predicted octanol–water partition coefficient (Wildman–Crippen LogP) is 5.24. The summed E-state index contributed by atoms with van der Waals surface area (Å²) in [4.78, 5) is 27.5. The molecule has 1 fully saturated rings. The molecular formula is C27H28N4OS. The number of fused-ring (bicyclic) bond motifs is 1. The van der Waals surface area contributed by atoms with Gasteiger partial charge < -0.3 is 4.90 Å². The molecule has 0 bridgehead atoms. The Morgan fingerprint density at radius 2 is 1.76 bits per heavy atom. The number of aryl methyl sites for hydroxylation is 3. The zero-order valence-corrected chi connectivity index (χ0v) is 20.2. The topological polar surface area (TPSA) is 49.3 Å². The van der Waals surface area contributed by atoms with Crippen molar-refractivity contribution >= 4 is 28.1 Å². The van der Waals surface area contributed by atoms with E-state index in [1.165, 1.54) is 11.1 Å². The second kappa shape index (κ2) is 9.04. The lowest BCUT2D eigenvalue weighted by Crippen LogP contribution is -2.48. The number of para-hydroxylation sites is 1. The number of aromatic nitrogens is 2. The average Bonchev–Trinajstić information content (AvgIpc) is 3.23. The molecule has 2 aromatic carbocycles. The molecule has 0 atom stereocenters. The summed E-state index contributed by atoms with van der Waals surface area (Å²) in [5.41, 5.74) is 7.03. The van der Waals surface area contributed by atoms with Crippen molar-refractivity contribution in [1.82, 2.24) is 19.8 Å². The highest BCUT2D eigenvalue weighted by atomic mass is 32.1. The monoisotopic (exact) mass is 456 g/mol. The number of piperazine rings is 1. The number of carbonyl (C=O) groups excluding carboxylic acids is 1. The van der Waals surface area contributed by atoms with Crippen LogP contribution in [0.5, 0.6) is 0 Å². The molecule has 0 aliphatic carbocycles. The Kier molecular flexibility index (Phi) is 5.96. The summed E-state index contributed by atoms with van der Waals surface area (Å²) >= 11 is 1.69. The van der Waals surface area contributed by atoms with Gasteiger partial charge in [-0.3, -0.25) is 9.69 Å². The summed E-state index contributed by atoms with van der Waals surface area (Å²) in [7, 11) is 0. The van der Waals surface area contributed by atoms with Gasteiger partial charge in [-0.15, -0.1) is 11.3 Å². The quantitative estimate of drug-likeness (QED) is 0.421. The number of amides is 1. The summed E-state index contributed by atoms with van der Waals surface area (Å²) in [5, 5.41) is 4.14. The average molecular weight is 457 g/mol. The number of thiazole rings is 1. The number of rotatable bonds is 4. The molecular weight excluding hydrogens is 428 g/mol. The smallest absolute Gasteiger partial charge is 0.254 e. The van der Waals surface area contributed by atoms with Crippen LogP contribution in [0.15, 0.2) is 53.9 Å². The van der Waals surface area contributed by atoms with E-state index >= 15 is 0 Å². The first-order valence-electron chi connectivity index (χ1n) is 11.4. The standard InChI is InChI=1S/C27H28N4OS/c1-18-8-9-22(19(2)14-18)26-15-24(23-6-4-5-7-25(23)29-26)27(32)31-12-10-30(11-13-31)16-21-17-33-20(3)28-21/h4-9,14-15,17H,10-13,16H2,1-3H3. The van der Waals surface area contributed by atoms with Gasteiger partial charge in [0.15, 0.2) is 0 Å². The maximum atomic E-state index is 13.7. The van der Waals surface area contributed by atoms with E-state index < -0.39 is 0 Å². The molecule has 5 nitrogen and oxygen atoms in total. The van der Waals surface area contributed by atoms with E-state index in [9.17, 15) is 4.79 Å². The van der Waals surface area contributed by atoms with Crippen molar-refractivity contribution in [3.8, 4) is 11.3 Å². The Labute approximate surface area is 198 Å². The molecule has 6 heteroatoms. The van der Waals surface area contributed by atoms with Crippen molar-refractivity contribution in [3.63, 3.8) is 0 Å². The zero-order valence-electron chi connectivity index (χ0n) is 19.3. The van der Waals surface area contributed by atoms with E-state index in [0.29, 0.717) is 0 Å². The van der Waals surface area contributed by atoms with E-state index in [1.807, 2.05) is 42.2 Å². The molecule has 0 N–H and O–H groups in total. The normalized spacial score (nSPS) is 14.7. The van der Waals surface area contributed by atoms with Gasteiger partial charge in [0.2, 0.25) is 0 Å². The number of pyridine rings is 1. The molecule has 33 heavy (non-hydrogen) atoms. The van der Waals surface area contributed by atoms with Crippen LogP contribution in [0.1, 0.15) is 32.2 Å². The molecule has 1 aliphatic heterocycles. The first-order chi connectivity index (χ1) is 16.0. The van der Waals surface area contributed by atoms with Gasteiger partial charge in [0.25, 0.3) is 5.91 Å². The van der Waals surface area contributed by atoms with Crippen LogP contribution in [-0.4, -0.2) is 51.9 Å². The molecule has 1 aliphatic rings. The van der Waals surface area contributed by atoms with Crippen molar-refractivity contribution in [1.29, 1.82) is 0 Å². The van der Waals surface area contributed by atoms with Gasteiger partial charge in [0.1, 0.15) is 0 Å². The van der Waals surface area contributed by atoms with Crippen LogP contribution >= 0.6 is 11.3 Å². The fourth-order valence-corrected chi connectivity index (χ4v) is 5.18. The molecule has 1 amide bonds. The molecule has 1 saturated heterocycles. The Morgan fingerprint density at radius 1 is 0.970 bits per heavy atom. The van der Waals surface area contributed by atoms with E-state index in [1.54, 1.807) is 11.3 Å². The Balaban J connectivity index is 1.41. The third-order valence-corrected chi connectivity index (χ3v) is 7.14. The van der Waals surface area contributed by atoms with Gasteiger partial charge in [0.05, 0.1) is 27.5 Å². The van der Waals surface area contributed by atoms with Gasteiger partial charge in [-0.2, -0.15) is 0 Å². The van der Waals surface area contributed by atoms with E-state index in [4.69, 9.17) is 4.98 Å². The number of carbonyl (C=O) groups is 1. The van der Waals surface area contributed by atoms with Crippen LogP contribution in [-0.2, 0) is 6.54 Å². The maximum Gasteiger partial charge on any atom is 0.254 e. The highest BCUT2D eigenvalue weighted by Gasteiger charge is 2.25. The van der Waals surface area contributed by atoms with E-state index in [0.717, 1.165) is 71.1 Å². The minimum absolute atomic E-state index is 0.0868. The zero-order chi connectivity index (χ0) is 22.9. The largest absolute Gasteiger partial charge is 0.336 e. The van der Waals surface area contributed by atoms with Gasteiger partial charge in [0, 0.05) is 49.1 Å².